The summed E-state index contributed by atoms with van der Waals surface area (Å²) in [7, 11) is 2.04. The van der Waals surface area contributed by atoms with Crippen molar-refractivity contribution in [1.82, 2.24) is 4.98 Å². The summed E-state index contributed by atoms with van der Waals surface area (Å²) in [6.07, 6.45) is 1.90. The zero-order chi connectivity index (χ0) is 12.4. The first-order valence-corrected chi connectivity index (χ1v) is 5.81. The van der Waals surface area contributed by atoms with Gasteiger partial charge in [0.2, 0.25) is 0 Å². The average molecular weight is 226 g/mol. The van der Waals surface area contributed by atoms with Crippen LogP contribution in [0.5, 0.6) is 0 Å². The van der Waals surface area contributed by atoms with Crippen LogP contribution in [0.2, 0.25) is 0 Å². The lowest BCUT2D eigenvalue weighted by molar-refractivity contribution is 1.11. The number of anilines is 2. The number of aromatic nitrogens is 1. The lowest BCUT2D eigenvalue weighted by Crippen LogP contribution is -2.11. The quantitative estimate of drug-likeness (QED) is 0.774. The lowest BCUT2D eigenvalue weighted by atomic mass is 10.1. The molecule has 1 heterocycles. The first kappa shape index (κ1) is 11.6. The number of aryl methyl sites for hydroxylation is 3. The van der Waals surface area contributed by atoms with Gasteiger partial charge in [0.25, 0.3) is 0 Å². The molecule has 1 aromatic heterocycles. The van der Waals surface area contributed by atoms with Crippen LogP contribution in [-0.2, 0) is 0 Å². The van der Waals surface area contributed by atoms with Crippen molar-refractivity contribution in [2.24, 2.45) is 0 Å². The zero-order valence-corrected chi connectivity index (χ0v) is 10.9. The van der Waals surface area contributed by atoms with Crippen LogP contribution < -0.4 is 4.90 Å². The van der Waals surface area contributed by atoms with Gasteiger partial charge in [0.1, 0.15) is 5.82 Å². The van der Waals surface area contributed by atoms with E-state index in [0.29, 0.717) is 0 Å². The van der Waals surface area contributed by atoms with Gasteiger partial charge in [-0.05, 0) is 55.7 Å². The Morgan fingerprint density at radius 2 is 1.71 bits per heavy atom. The summed E-state index contributed by atoms with van der Waals surface area (Å²) in [6, 6.07) is 10.6. The smallest absolute Gasteiger partial charge is 0.132 e. The fourth-order valence-corrected chi connectivity index (χ4v) is 1.72. The SMILES string of the molecule is Cc1ccc(N(C)c2ccc(C)c(C)c2)nc1. The Balaban J connectivity index is 2.33. The van der Waals surface area contributed by atoms with Crippen LogP contribution in [-0.4, -0.2) is 12.0 Å². The van der Waals surface area contributed by atoms with E-state index in [1.165, 1.54) is 22.4 Å². The number of rotatable bonds is 2. The highest BCUT2D eigenvalue weighted by Gasteiger charge is 2.05. The van der Waals surface area contributed by atoms with Crippen molar-refractivity contribution in [3.63, 3.8) is 0 Å². The third kappa shape index (κ3) is 2.47. The van der Waals surface area contributed by atoms with E-state index in [1.54, 1.807) is 0 Å². The molecule has 17 heavy (non-hydrogen) atoms. The molecular formula is C15H18N2. The van der Waals surface area contributed by atoms with E-state index in [4.69, 9.17) is 0 Å². The largest absolute Gasteiger partial charge is 0.329 e. The first-order chi connectivity index (χ1) is 8.08. The first-order valence-electron chi connectivity index (χ1n) is 5.81. The molecule has 2 rings (SSSR count). The molecule has 1 aromatic carbocycles. The molecular weight excluding hydrogens is 208 g/mol. The standard InChI is InChI=1S/C15H18N2/c1-11-5-8-15(16-10-11)17(4)14-7-6-12(2)13(3)9-14/h5-10H,1-4H3. The van der Waals surface area contributed by atoms with E-state index in [-0.39, 0.29) is 0 Å². The molecule has 0 aliphatic rings. The van der Waals surface area contributed by atoms with Crippen molar-refractivity contribution in [3.05, 3.63) is 53.2 Å². The molecule has 2 nitrogen and oxygen atoms in total. The molecule has 0 saturated heterocycles. The maximum absolute atomic E-state index is 4.43. The van der Waals surface area contributed by atoms with E-state index in [1.807, 2.05) is 26.2 Å². The summed E-state index contributed by atoms with van der Waals surface area (Å²) in [5.74, 6) is 0.971. The molecule has 0 N–H and O–H groups in total. The molecule has 0 bridgehead atoms. The second kappa shape index (κ2) is 4.58. The highest BCUT2D eigenvalue weighted by molar-refractivity contribution is 5.60. The van der Waals surface area contributed by atoms with E-state index < -0.39 is 0 Å². The van der Waals surface area contributed by atoms with Gasteiger partial charge < -0.3 is 4.90 Å². The highest BCUT2D eigenvalue weighted by atomic mass is 15.2. The maximum atomic E-state index is 4.43. The minimum Gasteiger partial charge on any atom is -0.329 e. The van der Waals surface area contributed by atoms with Crippen molar-refractivity contribution in [2.45, 2.75) is 20.8 Å². The van der Waals surface area contributed by atoms with Gasteiger partial charge in [-0.25, -0.2) is 4.98 Å². The average Bonchev–Trinajstić information content (AvgIpc) is 2.33. The van der Waals surface area contributed by atoms with E-state index in [2.05, 4.69) is 48.0 Å². The molecule has 0 spiro atoms. The van der Waals surface area contributed by atoms with Crippen molar-refractivity contribution < 1.29 is 0 Å². The summed E-state index contributed by atoms with van der Waals surface area (Å²) in [4.78, 5) is 6.54. The summed E-state index contributed by atoms with van der Waals surface area (Å²) < 4.78 is 0. The van der Waals surface area contributed by atoms with Crippen LogP contribution in [0.1, 0.15) is 16.7 Å². The monoisotopic (exact) mass is 226 g/mol. The maximum Gasteiger partial charge on any atom is 0.132 e. The Hall–Kier alpha value is -1.83. The molecule has 0 unspecified atom stereocenters. The molecule has 0 atom stereocenters. The molecule has 2 aromatic rings. The van der Waals surface area contributed by atoms with Crippen molar-refractivity contribution in [2.75, 3.05) is 11.9 Å². The summed E-state index contributed by atoms with van der Waals surface area (Å²) >= 11 is 0. The lowest BCUT2D eigenvalue weighted by Gasteiger charge is -2.19. The topological polar surface area (TPSA) is 16.1 Å². The Labute approximate surface area is 103 Å². The third-order valence-corrected chi connectivity index (χ3v) is 3.12. The van der Waals surface area contributed by atoms with Gasteiger partial charge >= 0.3 is 0 Å². The second-order valence-electron chi connectivity index (χ2n) is 4.52. The molecule has 0 fully saturated rings. The van der Waals surface area contributed by atoms with E-state index in [0.717, 1.165) is 5.82 Å². The summed E-state index contributed by atoms with van der Waals surface area (Å²) in [5, 5.41) is 0. The number of nitrogens with zero attached hydrogens (tertiary/aromatic N) is 2. The van der Waals surface area contributed by atoms with Gasteiger partial charge in [-0.1, -0.05) is 12.1 Å². The fourth-order valence-electron chi connectivity index (χ4n) is 1.72. The van der Waals surface area contributed by atoms with Crippen molar-refractivity contribution in [3.8, 4) is 0 Å². The molecule has 0 aliphatic carbocycles. The Kier molecular flexibility index (Phi) is 3.14. The number of hydrogen-bond donors (Lipinski definition) is 0. The molecule has 2 heteroatoms. The van der Waals surface area contributed by atoms with Crippen LogP contribution in [0.4, 0.5) is 11.5 Å². The van der Waals surface area contributed by atoms with Gasteiger partial charge in [0.05, 0.1) is 0 Å². The van der Waals surface area contributed by atoms with E-state index in [9.17, 15) is 0 Å². The number of pyridine rings is 1. The minimum absolute atomic E-state index is 0.971. The molecule has 0 aliphatic heterocycles. The second-order valence-corrected chi connectivity index (χ2v) is 4.52. The van der Waals surface area contributed by atoms with Crippen molar-refractivity contribution in [1.29, 1.82) is 0 Å². The predicted octanol–water partition coefficient (Wildman–Crippen LogP) is 3.77. The Bertz CT molecular complexity index is 515. The van der Waals surface area contributed by atoms with Gasteiger partial charge in [-0.3, -0.25) is 0 Å². The third-order valence-electron chi connectivity index (χ3n) is 3.12. The summed E-state index contributed by atoms with van der Waals surface area (Å²) in [6.45, 7) is 6.31. The molecule has 88 valence electrons. The molecule has 0 radical (unpaired) electrons. The van der Waals surface area contributed by atoms with Gasteiger partial charge in [-0.15, -0.1) is 0 Å². The highest BCUT2D eigenvalue weighted by Crippen LogP contribution is 2.23. The van der Waals surface area contributed by atoms with Crippen molar-refractivity contribution >= 4 is 11.5 Å². The Morgan fingerprint density at radius 1 is 0.941 bits per heavy atom. The van der Waals surface area contributed by atoms with E-state index >= 15 is 0 Å². The van der Waals surface area contributed by atoms with Gasteiger partial charge in [-0.2, -0.15) is 0 Å². The van der Waals surface area contributed by atoms with Crippen LogP contribution >= 0.6 is 0 Å². The summed E-state index contributed by atoms with van der Waals surface area (Å²) in [5.41, 5.74) is 4.98. The number of benzene rings is 1. The normalized spacial score (nSPS) is 10.4. The molecule has 0 saturated carbocycles. The zero-order valence-electron chi connectivity index (χ0n) is 10.9. The predicted molar refractivity (Wildman–Crippen MR) is 73.0 cm³/mol. The van der Waals surface area contributed by atoms with Gasteiger partial charge in [0.15, 0.2) is 0 Å². The van der Waals surface area contributed by atoms with Crippen LogP contribution in [0.3, 0.4) is 0 Å². The van der Waals surface area contributed by atoms with Gasteiger partial charge in [0, 0.05) is 18.9 Å². The van der Waals surface area contributed by atoms with Crippen LogP contribution in [0.25, 0.3) is 0 Å². The fraction of sp³-hybridized carbons (Fsp3) is 0.267. The Morgan fingerprint density at radius 3 is 2.29 bits per heavy atom. The molecule has 0 amide bonds. The van der Waals surface area contributed by atoms with Crippen LogP contribution in [0.15, 0.2) is 36.5 Å². The minimum atomic E-state index is 0.971. The van der Waals surface area contributed by atoms with Crippen LogP contribution in [0, 0.1) is 20.8 Å². The number of hydrogen-bond acceptors (Lipinski definition) is 2.